The lowest BCUT2D eigenvalue weighted by atomic mass is 9.89. The number of hydrogen-bond acceptors (Lipinski definition) is 3. The molecule has 13 heteroatoms. The van der Waals surface area contributed by atoms with Crippen molar-refractivity contribution in [1.82, 2.24) is 0 Å². The molecule has 0 fully saturated rings. The number of alkyl halides is 6. The number of nitriles is 3. The van der Waals surface area contributed by atoms with Crippen LogP contribution in [0, 0.1) is 73.4 Å². The van der Waals surface area contributed by atoms with Crippen LogP contribution < -0.4 is 0 Å². The summed E-state index contributed by atoms with van der Waals surface area (Å²) in [7, 11) is 0. The highest BCUT2D eigenvalue weighted by atomic mass is 19.4. The fourth-order valence-corrected chi connectivity index (χ4v) is 6.06. The minimum absolute atomic E-state index is 0.00135. The Bertz CT molecular complexity index is 2360. The highest BCUT2D eigenvalue weighted by molar-refractivity contribution is 6.29. The van der Waals surface area contributed by atoms with Gasteiger partial charge in [0.25, 0.3) is 11.4 Å². The maximum atomic E-state index is 17.0. The van der Waals surface area contributed by atoms with E-state index in [0.717, 1.165) is 6.07 Å². The molecule has 3 aromatic carbocycles. The van der Waals surface area contributed by atoms with Gasteiger partial charge in [0, 0.05) is 16.7 Å². The van der Waals surface area contributed by atoms with Crippen molar-refractivity contribution in [3.8, 4) is 18.2 Å². The molecule has 0 saturated heterocycles. The molecule has 0 radical (unpaired) electrons. The quantitative estimate of drug-likeness (QED) is 0.156. The highest BCUT2D eigenvalue weighted by Gasteiger charge is 2.42. The van der Waals surface area contributed by atoms with Gasteiger partial charge in [-0.15, -0.1) is 0 Å². The maximum absolute atomic E-state index is 17.0. The lowest BCUT2D eigenvalue weighted by Crippen LogP contribution is -2.11. The summed E-state index contributed by atoms with van der Waals surface area (Å²) in [5.41, 5.74) is -8.72. The van der Waals surface area contributed by atoms with Crippen molar-refractivity contribution in [1.29, 1.82) is 15.8 Å². The van der Waals surface area contributed by atoms with Crippen LogP contribution >= 0.6 is 0 Å². The van der Waals surface area contributed by atoms with Crippen LogP contribution in [-0.2, 0) is 12.4 Å². The third-order valence-electron chi connectivity index (χ3n) is 7.80. The van der Waals surface area contributed by atoms with Gasteiger partial charge in [-0.3, -0.25) is 0 Å². The van der Waals surface area contributed by atoms with E-state index in [2.05, 4.69) is 14.5 Å². The lowest BCUT2D eigenvalue weighted by molar-refractivity contribution is -0.143. The van der Waals surface area contributed by atoms with Gasteiger partial charge in [-0.05, 0) is 77.1 Å². The Labute approximate surface area is 273 Å². The average molecular weight is 663 g/mol. The van der Waals surface area contributed by atoms with Crippen molar-refractivity contribution in [2.24, 2.45) is 0 Å². The molecule has 0 bridgehead atoms. The fourth-order valence-electron chi connectivity index (χ4n) is 6.06. The number of aryl methyl sites for hydroxylation is 2. The molecule has 0 aliphatic heterocycles. The minimum atomic E-state index is -5.31. The second kappa shape index (κ2) is 11.7. The predicted molar refractivity (Wildman–Crippen MR) is 163 cm³/mol. The first-order valence-electron chi connectivity index (χ1n) is 13.6. The Morgan fingerprint density at radius 2 is 1.12 bits per heavy atom. The van der Waals surface area contributed by atoms with E-state index in [1.165, 1.54) is 6.07 Å². The van der Waals surface area contributed by atoms with Gasteiger partial charge >= 0.3 is 12.4 Å². The minimum Gasteiger partial charge on any atom is -0.237 e. The van der Waals surface area contributed by atoms with Crippen LogP contribution in [0.15, 0.2) is 53.9 Å². The first-order valence-corrected chi connectivity index (χ1v) is 13.6. The molecular formula is C36H13F7N6. The fraction of sp³-hybridized carbons (Fsp3) is 0.111. The average Bonchev–Trinajstić information content (AvgIpc) is 3.54. The van der Waals surface area contributed by atoms with E-state index in [1.807, 2.05) is 0 Å². The van der Waals surface area contributed by atoms with Crippen LogP contribution in [0.5, 0.6) is 0 Å². The van der Waals surface area contributed by atoms with E-state index in [9.17, 15) is 42.1 Å². The summed E-state index contributed by atoms with van der Waals surface area (Å²) in [5, 5.41) is 30.1. The van der Waals surface area contributed by atoms with Gasteiger partial charge < -0.3 is 0 Å². The SMILES string of the molecule is [C-]#[N+]C1=C(c2cc(C)cc(C)c2)/C(=C(/C#N)[N+]#[C-])c2cc3c(c(F)c21)C(C#N)=C(c1cc(C(F)(F)F)cc(C(F)(F)F)c1)/C3=C(\C#N)[N+]#[C-]. The number of allylic oxidation sites excluding steroid dienone is 7. The number of rotatable bonds is 2. The molecule has 0 N–H and O–H groups in total. The zero-order valence-corrected chi connectivity index (χ0v) is 24.9. The van der Waals surface area contributed by atoms with E-state index < -0.39 is 79.7 Å². The number of hydrogen-bond donors (Lipinski definition) is 0. The Kier molecular flexibility index (Phi) is 7.98. The molecule has 6 nitrogen and oxygen atoms in total. The number of halogens is 7. The van der Waals surface area contributed by atoms with Crippen LogP contribution in [0.4, 0.5) is 30.7 Å². The van der Waals surface area contributed by atoms with Crippen LogP contribution in [0.2, 0.25) is 0 Å². The van der Waals surface area contributed by atoms with Crippen molar-refractivity contribution >= 4 is 33.6 Å². The van der Waals surface area contributed by atoms with E-state index in [4.69, 9.17) is 19.7 Å². The first kappa shape index (κ1) is 33.4. The molecule has 0 spiro atoms. The number of nitrogens with zero attached hydrogens (tertiary/aromatic N) is 6. The van der Waals surface area contributed by atoms with Gasteiger partial charge in [0.1, 0.15) is 11.9 Å². The summed E-state index contributed by atoms with van der Waals surface area (Å²) >= 11 is 0. The van der Waals surface area contributed by atoms with Crippen molar-refractivity contribution in [2.45, 2.75) is 26.2 Å². The van der Waals surface area contributed by atoms with Crippen molar-refractivity contribution in [2.75, 3.05) is 0 Å². The van der Waals surface area contributed by atoms with E-state index in [-0.39, 0.29) is 28.5 Å². The molecule has 5 rings (SSSR count). The summed E-state index contributed by atoms with van der Waals surface area (Å²) in [5.74, 6) is -1.33. The third kappa shape index (κ3) is 5.27. The number of fused-ring (bicyclic) bond motifs is 2. The monoisotopic (exact) mass is 662 g/mol. The molecule has 0 amide bonds. The molecular weight excluding hydrogens is 649 g/mol. The standard InChI is InChI=1S/C36H13F7N6/c1-16-6-17(2)8-18(7-16)28-31(26(15-46)48-4)23-12-22-29(33(37)32(23)34(28)49-5)24(13-44)27(30(22)25(14-45)47-3)19-9-20(35(38,39)40)11-21(10-19)36(41,42)43/h6-12H,1-2H3/b30-25+,31-26-. The molecule has 49 heavy (non-hydrogen) atoms. The summed E-state index contributed by atoms with van der Waals surface area (Å²) in [6.45, 7) is 26.7. The van der Waals surface area contributed by atoms with Gasteiger partial charge in [0.2, 0.25) is 5.70 Å². The second-order valence-corrected chi connectivity index (χ2v) is 10.8. The summed E-state index contributed by atoms with van der Waals surface area (Å²) in [4.78, 5) is 9.86. The molecule has 0 aromatic heterocycles. The third-order valence-corrected chi connectivity index (χ3v) is 7.80. The Morgan fingerprint density at radius 3 is 1.55 bits per heavy atom. The molecule has 2 aliphatic carbocycles. The van der Waals surface area contributed by atoms with Gasteiger partial charge in [0.05, 0.1) is 48.6 Å². The zero-order valence-electron chi connectivity index (χ0n) is 24.9. The van der Waals surface area contributed by atoms with Gasteiger partial charge in [-0.2, -0.15) is 31.6 Å². The first-order chi connectivity index (χ1) is 23.1. The highest BCUT2D eigenvalue weighted by Crippen LogP contribution is 2.57. The second-order valence-electron chi connectivity index (χ2n) is 10.8. The van der Waals surface area contributed by atoms with Crippen LogP contribution in [0.1, 0.15) is 55.6 Å². The molecule has 0 heterocycles. The Balaban J connectivity index is 2.01. The zero-order chi connectivity index (χ0) is 36.2. The Hall–Kier alpha value is -6.93. The summed E-state index contributed by atoms with van der Waals surface area (Å²) < 4.78 is 100. The predicted octanol–water partition coefficient (Wildman–Crippen LogP) is 10.0. The molecule has 0 atom stereocenters. The lowest BCUT2D eigenvalue weighted by Gasteiger charge is -2.16. The van der Waals surface area contributed by atoms with E-state index in [1.54, 1.807) is 44.2 Å². The summed E-state index contributed by atoms with van der Waals surface area (Å²) in [6.07, 6.45) is -10.6. The largest absolute Gasteiger partial charge is 0.416 e. The topological polar surface area (TPSA) is 84.5 Å². The molecule has 0 saturated carbocycles. The Morgan fingerprint density at radius 1 is 0.653 bits per heavy atom. The van der Waals surface area contributed by atoms with Gasteiger partial charge in [-0.25, -0.2) is 29.4 Å². The van der Waals surface area contributed by atoms with E-state index >= 15 is 4.39 Å². The molecule has 0 unspecified atom stereocenters. The smallest absolute Gasteiger partial charge is 0.237 e. The van der Waals surface area contributed by atoms with Crippen LogP contribution in [0.25, 0.3) is 48.1 Å². The maximum Gasteiger partial charge on any atom is 0.416 e. The van der Waals surface area contributed by atoms with Crippen molar-refractivity contribution in [3.05, 3.63) is 150 Å². The molecule has 3 aromatic rings. The summed E-state index contributed by atoms with van der Waals surface area (Å²) in [6, 6.07) is 11.5. The van der Waals surface area contributed by atoms with Gasteiger partial charge in [0.15, 0.2) is 0 Å². The number of benzene rings is 3. The van der Waals surface area contributed by atoms with Crippen LogP contribution in [-0.4, -0.2) is 0 Å². The molecule has 2 aliphatic rings. The van der Waals surface area contributed by atoms with Crippen LogP contribution in [0.3, 0.4) is 0 Å². The van der Waals surface area contributed by atoms with E-state index in [0.29, 0.717) is 28.8 Å². The van der Waals surface area contributed by atoms with Gasteiger partial charge in [-0.1, -0.05) is 29.3 Å². The van der Waals surface area contributed by atoms with Crippen molar-refractivity contribution < 1.29 is 30.7 Å². The van der Waals surface area contributed by atoms with Crippen molar-refractivity contribution in [3.63, 3.8) is 0 Å². The molecule has 236 valence electrons. The normalized spacial score (nSPS) is 15.7.